The fraction of sp³-hybridized carbons (Fsp3) is 0.636. The number of aryl methyl sites for hydroxylation is 1. The first kappa shape index (κ1) is 11.1. The van der Waals surface area contributed by atoms with E-state index in [1.54, 1.807) is 6.07 Å². The molecule has 88 valence electrons. The lowest BCUT2D eigenvalue weighted by atomic mass is 10.0. The Morgan fingerprint density at radius 3 is 3.00 bits per heavy atom. The second-order valence-corrected chi connectivity index (χ2v) is 4.28. The molecule has 0 radical (unpaired) electrons. The van der Waals surface area contributed by atoms with Crippen LogP contribution >= 0.6 is 0 Å². The molecule has 16 heavy (non-hydrogen) atoms. The van der Waals surface area contributed by atoms with Gasteiger partial charge in [0, 0.05) is 24.6 Å². The van der Waals surface area contributed by atoms with Crippen LogP contribution in [-0.2, 0) is 4.74 Å². The maximum absolute atomic E-state index is 5.67. The maximum atomic E-state index is 5.67. The minimum Gasteiger partial charge on any atom is -0.384 e. The van der Waals surface area contributed by atoms with Crippen molar-refractivity contribution in [3.63, 3.8) is 0 Å². The molecule has 0 spiro atoms. The molecule has 2 rings (SSSR count). The molecule has 3 N–H and O–H groups in total. The number of rotatable bonds is 3. The van der Waals surface area contributed by atoms with Gasteiger partial charge < -0.3 is 15.8 Å². The third kappa shape index (κ3) is 2.61. The van der Waals surface area contributed by atoms with Crippen LogP contribution in [0.15, 0.2) is 6.07 Å². The summed E-state index contributed by atoms with van der Waals surface area (Å²) in [5.74, 6) is 2.54. The Balaban J connectivity index is 2.02. The van der Waals surface area contributed by atoms with E-state index in [4.69, 9.17) is 10.5 Å². The molecule has 0 amide bonds. The lowest BCUT2D eigenvalue weighted by molar-refractivity contribution is 0.183. The highest BCUT2D eigenvalue weighted by atomic mass is 16.5. The molecule has 2 atom stereocenters. The minimum atomic E-state index is 0.344. The molecule has 2 unspecified atom stereocenters. The zero-order valence-electron chi connectivity index (χ0n) is 9.73. The van der Waals surface area contributed by atoms with Crippen molar-refractivity contribution < 1.29 is 4.74 Å². The fourth-order valence-corrected chi connectivity index (χ4v) is 1.96. The first-order valence-corrected chi connectivity index (χ1v) is 5.60. The van der Waals surface area contributed by atoms with Gasteiger partial charge in [0.2, 0.25) is 0 Å². The maximum Gasteiger partial charge on any atom is 0.132 e. The van der Waals surface area contributed by atoms with Gasteiger partial charge in [0.1, 0.15) is 17.5 Å². The van der Waals surface area contributed by atoms with Crippen LogP contribution in [-0.4, -0.2) is 29.2 Å². The predicted molar refractivity (Wildman–Crippen MR) is 63.2 cm³/mol. The number of nitrogens with zero attached hydrogens (tertiary/aromatic N) is 2. The molecule has 0 aliphatic carbocycles. The van der Waals surface area contributed by atoms with Crippen molar-refractivity contribution >= 4 is 11.6 Å². The standard InChI is InChI=1S/C11H18N4O/c1-7(9-3-4-16-6-9)13-11-5-10(12)14-8(2)15-11/h5,7,9H,3-4,6H2,1-2H3,(H3,12,13,14,15). The lowest BCUT2D eigenvalue weighted by Crippen LogP contribution is -2.26. The van der Waals surface area contributed by atoms with Gasteiger partial charge in [-0.1, -0.05) is 0 Å². The van der Waals surface area contributed by atoms with E-state index >= 15 is 0 Å². The van der Waals surface area contributed by atoms with Crippen molar-refractivity contribution in [3.05, 3.63) is 11.9 Å². The van der Waals surface area contributed by atoms with E-state index in [2.05, 4.69) is 22.2 Å². The number of aromatic nitrogens is 2. The highest BCUT2D eigenvalue weighted by Crippen LogP contribution is 2.19. The van der Waals surface area contributed by atoms with E-state index in [0.717, 1.165) is 25.5 Å². The van der Waals surface area contributed by atoms with Crippen molar-refractivity contribution in [2.45, 2.75) is 26.3 Å². The molecule has 2 heterocycles. The van der Waals surface area contributed by atoms with E-state index in [1.165, 1.54) is 0 Å². The van der Waals surface area contributed by atoms with Gasteiger partial charge in [0.05, 0.1) is 6.61 Å². The van der Waals surface area contributed by atoms with Gasteiger partial charge in [-0.3, -0.25) is 0 Å². The van der Waals surface area contributed by atoms with Crippen molar-refractivity contribution in [2.24, 2.45) is 5.92 Å². The third-order valence-corrected chi connectivity index (χ3v) is 2.91. The van der Waals surface area contributed by atoms with Crippen LogP contribution in [0, 0.1) is 12.8 Å². The van der Waals surface area contributed by atoms with Crippen LogP contribution < -0.4 is 11.1 Å². The molecular weight excluding hydrogens is 204 g/mol. The van der Waals surface area contributed by atoms with Crippen LogP contribution in [0.1, 0.15) is 19.2 Å². The summed E-state index contributed by atoms with van der Waals surface area (Å²) < 4.78 is 5.37. The summed E-state index contributed by atoms with van der Waals surface area (Å²) in [6.07, 6.45) is 1.10. The number of hydrogen-bond acceptors (Lipinski definition) is 5. The zero-order chi connectivity index (χ0) is 11.5. The molecule has 1 saturated heterocycles. The first-order valence-electron chi connectivity index (χ1n) is 5.60. The molecule has 1 aliphatic heterocycles. The van der Waals surface area contributed by atoms with Crippen LogP contribution in [0.2, 0.25) is 0 Å². The van der Waals surface area contributed by atoms with Gasteiger partial charge in [0.15, 0.2) is 0 Å². The van der Waals surface area contributed by atoms with Gasteiger partial charge in [0.25, 0.3) is 0 Å². The zero-order valence-corrected chi connectivity index (χ0v) is 9.73. The number of ether oxygens (including phenoxy) is 1. The summed E-state index contributed by atoms with van der Waals surface area (Å²) in [6, 6.07) is 2.11. The number of nitrogen functional groups attached to an aromatic ring is 1. The predicted octanol–water partition coefficient (Wildman–Crippen LogP) is 1.20. The van der Waals surface area contributed by atoms with Gasteiger partial charge in [-0.15, -0.1) is 0 Å². The van der Waals surface area contributed by atoms with Crippen LogP contribution in [0.25, 0.3) is 0 Å². The molecule has 0 bridgehead atoms. The molecular formula is C11H18N4O. The van der Waals surface area contributed by atoms with Crippen molar-refractivity contribution in [2.75, 3.05) is 24.3 Å². The molecule has 5 heteroatoms. The molecule has 1 aromatic heterocycles. The highest BCUT2D eigenvalue weighted by Gasteiger charge is 2.22. The second-order valence-electron chi connectivity index (χ2n) is 4.28. The number of nitrogens with one attached hydrogen (secondary N) is 1. The topological polar surface area (TPSA) is 73.1 Å². The summed E-state index contributed by atoms with van der Waals surface area (Å²) in [6.45, 7) is 5.67. The smallest absolute Gasteiger partial charge is 0.132 e. The molecule has 0 aromatic carbocycles. The van der Waals surface area contributed by atoms with E-state index in [1.807, 2.05) is 6.92 Å². The quantitative estimate of drug-likeness (QED) is 0.804. The Bertz CT molecular complexity index is 343. The average molecular weight is 222 g/mol. The van der Waals surface area contributed by atoms with Gasteiger partial charge in [-0.05, 0) is 20.3 Å². The van der Waals surface area contributed by atoms with Crippen molar-refractivity contribution in [1.82, 2.24) is 9.97 Å². The molecule has 1 aliphatic rings. The Kier molecular flexibility index (Phi) is 3.24. The van der Waals surface area contributed by atoms with Gasteiger partial charge >= 0.3 is 0 Å². The second kappa shape index (κ2) is 4.65. The summed E-state index contributed by atoms with van der Waals surface area (Å²) in [5.41, 5.74) is 5.67. The largest absolute Gasteiger partial charge is 0.384 e. The summed E-state index contributed by atoms with van der Waals surface area (Å²) >= 11 is 0. The monoisotopic (exact) mass is 222 g/mol. The molecule has 5 nitrogen and oxygen atoms in total. The Labute approximate surface area is 95.4 Å². The first-order chi connectivity index (χ1) is 7.65. The number of nitrogens with two attached hydrogens (primary N) is 1. The number of hydrogen-bond donors (Lipinski definition) is 2. The van der Waals surface area contributed by atoms with Gasteiger partial charge in [-0.2, -0.15) is 0 Å². The number of anilines is 2. The minimum absolute atomic E-state index is 0.344. The lowest BCUT2D eigenvalue weighted by Gasteiger charge is -2.19. The normalized spacial score (nSPS) is 22.0. The van der Waals surface area contributed by atoms with Gasteiger partial charge in [-0.25, -0.2) is 9.97 Å². The SMILES string of the molecule is Cc1nc(N)cc(NC(C)C2CCOC2)n1. The summed E-state index contributed by atoms with van der Waals surface area (Å²) in [4.78, 5) is 8.34. The van der Waals surface area contributed by atoms with Crippen molar-refractivity contribution in [1.29, 1.82) is 0 Å². The van der Waals surface area contributed by atoms with Crippen LogP contribution in [0.5, 0.6) is 0 Å². The van der Waals surface area contributed by atoms with Crippen molar-refractivity contribution in [3.8, 4) is 0 Å². The molecule has 0 saturated carbocycles. The van der Waals surface area contributed by atoms with E-state index in [9.17, 15) is 0 Å². The Hall–Kier alpha value is -1.36. The Morgan fingerprint density at radius 1 is 1.56 bits per heavy atom. The fourth-order valence-electron chi connectivity index (χ4n) is 1.96. The van der Waals surface area contributed by atoms with Crippen LogP contribution in [0.3, 0.4) is 0 Å². The Morgan fingerprint density at radius 2 is 2.38 bits per heavy atom. The van der Waals surface area contributed by atoms with E-state index in [0.29, 0.717) is 23.6 Å². The highest BCUT2D eigenvalue weighted by molar-refractivity contribution is 5.45. The molecule has 1 fully saturated rings. The average Bonchev–Trinajstić information content (AvgIpc) is 2.68. The van der Waals surface area contributed by atoms with E-state index < -0.39 is 0 Å². The van der Waals surface area contributed by atoms with E-state index in [-0.39, 0.29) is 0 Å². The summed E-state index contributed by atoms with van der Waals surface area (Å²) in [5, 5.41) is 3.35. The molecule has 1 aromatic rings. The van der Waals surface area contributed by atoms with Crippen LogP contribution in [0.4, 0.5) is 11.6 Å². The third-order valence-electron chi connectivity index (χ3n) is 2.91. The summed E-state index contributed by atoms with van der Waals surface area (Å²) in [7, 11) is 0.